The Morgan fingerprint density at radius 2 is 1.78 bits per heavy atom. The van der Waals surface area contributed by atoms with Gasteiger partial charge in [-0.05, 0) is 37.1 Å². The molecule has 0 radical (unpaired) electrons. The number of urea groups is 1. The lowest BCUT2D eigenvalue weighted by Crippen LogP contribution is -2.39. The Balaban J connectivity index is 1.95. The van der Waals surface area contributed by atoms with Gasteiger partial charge in [-0.2, -0.15) is 0 Å². The van der Waals surface area contributed by atoms with Gasteiger partial charge in [-0.1, -0.05) is 0 Å². The van der Waals surface area contributed by atoms with Gasteiger partial charge in [-0.25, -0.2) is 9.59 Å². The van der Waals surface area contributed by atoms with Gasteiger partial charge in [-0.3, -0.25) is 0 Å². The molecule has 1 N–H and O–H groups in total. The summed E-state index contributed by atoms with van der Waals surface area (Å²) in [6.07, 6.45) is 0.377. The van der Waals surface area contributed by atoms with Crippen LogP contribution in [-0.4, -0.2) is 62.3 Å². The first-order valence-electron chi connectivity index (χ1n) is 7.58. The van der Waals surface area contributed by atoms with Crippen LogP contribution in [-0.2, 0) is 4.74 Å². The fourth-order valence-corrected chi connectivity index (χ4v) is 2.59. The third-order valence-corrected chi connectivity index (χ3v) is 3.86. The lowest BCUT2D eigenvalue weighted by molar-refractivity contribution is 0.125. The number of rotatable bonds is 2. The molecule has 7 nitrogen and oxygen atoms in total. The Morgan fingerprint density at radius 3 is 2.43 bits per heavy atom. The number of nitrogens with one attached hydrogen (secondary N) is 1. The zero-order chi connectivity index (χ0) is 16.8. The smallest absolute Gasteiger partial charge is 0.409 e. The summed E-state index contributed by atoms with van der Waals surface area (Å²) in [5.41, 5.74) is 1.68. The molecule has 1 heterocycles. The van der Waals surface area contributed by atoms with Crippen molar-refractivity contribution in [1.82, 2.24) is 9.80 Å². The average Bonchev–Trinajstić information content (AvgIpc) is 2.80. The Labute approximate surface area is 136 Å². The van der Waals surface area contributed by atoms with Gasteiger partial charge in [0, 0.05) is 31.9 Å². The number of aryl methyl sites for hydroxylation is 1. The summed E-state index contributed by atoms with van der Waals surface area (Å²) < 4.78 is 9.94. The number of nitrogens with zero attached hydrogens (tertiary/aromatic N) is 2. The van der Waals surface area contributed by atoms with Crippen LogP contribution in [0.25, 0.3) is 0 Å². The fourth-order valence-electron chi connectivity index (χ4n) is 2.59. The molecular weight excluding hydrogens is 298 g/mol. The molecule has 1 aliphatic heterocycles. The first-order chi connectivity index (χ1) is 11.0. The quantitative estimate of drug-likeness (QED) is 0.907. The van der Waals surface area contributed by atoms with Crippen molar-refractivity contribution >= 4 is 17.8 Å². The third-order valence-electron chi connectivity index (χ3n) is 3.86. The maximum atomic E-state index is 12.4. The van der Waals surface area contributed by atoms with E-state index < -0.39 is 0 Å². The van der Waals surface area contributed by atoms with E-state index in [-0.39, 0.29) is 12.1 Å². The molecule has 0 bridgehead atoms. The van der Waals surface area contributed by atoms with Gasteiger partial charge in [0.05, 0.1) is 14.2 Å². The molecule has 1 saturated heterocycles. The van der Waals surface area contributed by atoms with Crippen molar-refractivity contribution in [3.63, 3.8) is 0 Å². The summed E-state index contributed by atoms with van der Waals surface area (Å²) >= 11 is 0. The summed E-state index contributed by atoms with van der Waals surface area (Å²) in [6.45, 7) is 4.08. The van der Waals surface area contributed by atoms with Gasteiger partial charge >= 0.3 is 12.1 Å². The van der Waals surface area contributed by atoms with E-state index in [1.165, 1.54) is 7.11 Å². The Hall–Kier alpha value is -2.44. The normalized spacial score (nSPS) is 14.9. The van der Waals surface area contributed by atoms with Crippen LogP contribution >= 0.6 is 0 Å². The predicted octanol–water partition coefficient (Wildman–Crippen LogP) is 2.31. The summed E-state index contributed by atoms with van der Waals surface area (Å²) in [6, 6.07) is 5.34. The highest BCUT2D eigenvalue weighted by atomic mass is 16.5. The van der Waals surface area contributed by atoms with E-state index in [9.17, 15) is 9.59 Å². The highest BCUT2D eigenvalue weighted by molar-refractivity contribution is 5.89. The molecular formula is C16H23N3O4. The molecule has 0 spiro atoms. The molecule has 0 unspecified atom stereocenters. The van der Waals surface area contributed by atoms with Crippen molar-refractivity contribution in [2.45, 2.75) is 13.3 Å². The summed E-state index contributed by atoms with van der Waals surface area (Å²) in [7, 11) is 2.98. The summed E-state index contributed by atoms with van der Waals surface area (Å²) in [4.78, 5) is 27.3. The molecule has 3 amide bonds. The zero-order valence-corrected chi connectivity index (χ0v) is 13.8. The first kappa shape index (κ1) is 16.9. The number of benzene rings is 1. The minimum absolute atomic E-state index is 0.165. The summed E-state index contributed by atoms with van der Waals surface area (Å²) in [5.74, 6) is 0.784. The highest BCUT2D eigenvalue weighted by Gasteiger charge is 2.22. The molecule has 0 atom stereocenters. The minimum Gasteiger partial charge on any atom is -0.496 e. The molecule has 1 aliphatic rings. The first-order valence-corrected chi connectivity index (χ1v) is 7.58. The van der Waals surface area contributed by atoms with Crippen LogP contribution in [0.3, 0.4) is 0 Å². The van der Waals surface area contributed by atoms with Crippen molar-refractivity contribution in [3.05, 3.63) is 23.8 Å². The maximum Gasteiger partial charge on any atom is 0.409 e. The van der Waals surface area contributed by atoms with Crippen molar-refractivity contribution in [3.8, 4) is 5.75 Å². The number of hydrogen-bond acceptors (Lipinski definition) is 4. The molecule has 0 aliphatic carbocycles. The van der Waals surface area contributed by atoms with Gasteiger partial charge in [0.2, 0.25) is 0 Å². The topological polar surface area (TPSA) is 71.1 Å². The molecule has 7 heteroatoms. The van der Waals surface area contributed by atoms with E-state index in [0.29, 0.717) is 26.2 Å². The van der Waals surface area contributed by atoms with Crippen LogP contribution in [0.4, 0.5) is 15.3 Å². The van der Waals surface area contributed by atoms with Crippen LogP contribution in [0.5, 0.6) is 5.75 Å². The van der Waals surface area contributed by atoms with E-state index in [0.717, 1.165) is 23.4 Å². The summed E-state index contributed by atoms with van der Waals surface area (Å²) in [5, 5.41) is 2.89. The number of methoxy groups -OCH3 is 2. The van der Waals surface area contributed by atoms with E-state index in [2.05, 4.69) is 5.32 Å². The fraction of sp³-hybridized carbons (Fsp3) is 0.500. The maximum absolute atomic E-state index is 12.4. The van der Waals surface area contributed by atoms with Crippen molar-refractivity contribution in [2.75, 3.05) is 45.7 Å². The standard InChI is InChI=1S/C16H23N3O4/c1-12-11-13(5-6-14(12)22-2)17-15(20)18-7-4-8-19(10-9-18)16(21)23-3/h5-6,11H,4,7-10H2,1-3H3,(H,17,20). The third kappa shape index (κ3) is 4.28. The average molecular weight is 321 g/mol. The van der Waals surface area contributed by atoms with Gasteiger partial charge in [0.15, 0.2) is 0 Å². The van der Waals surface area contributed by atoms with Gasteiger partial charge in [-0.15, -0.1) is 0 Å². The number of hydrogen-bond donors (Lipinski definition) is 1. The van der Waals surface area contributed by atoms with E-state index in [4.69, 9.17) is 9.47 Å². The van der Waals surface area contributed by atoms with Gasteiger partial charge in [0.1, 0.15) is 5.75 Å². The van der Waals surface area contributed by atoms with Crippen molar-refractivity contribution in [2.24, 2.45) is 0 Å². The Morgan fingerprint density at radius 1 is 1.09 bits per heavy atom. The zero-order valence-electron chi connectivity index (χ0n) is 13.8. The Bertz CT molecular complexity index is 576. The molecule has 126 valence electrons. The number of amides is 3. The Kier molecular flexibility index (Phi) is 5.67. The van der Waals surface area contributed by atoms with Gasteiger partial charge < -0.3 is 24.6 Å². The monoisotopic (exact) mass is 321 g/mol. The van der Waals surface area contributed by atoms with Gasteiger partial charge in [0.25, 0.3) is 0 Å². The minimum atomic E-state index is -0.349. The molecule has 0 saturated carbocycles. The van der Waals surface area contributed by atoms with Crippen molar-refractivity contribution < 1.29 is 19.1 Å². The molecule has 1 fully saturated rings. The lowest BCUT2D eigenvalue weighted by atomic mass is 10.2. The van der Waals surface area contributed by atoms with Crippen LogP contribution in [0.15, 0.2) is 18.2 Å². The van der Waals surface area contributed by atoms with Crippen LogP contribution in [0.2, 0.25) is 0 Å². The highest BCUT2D eigenvalue weighted by Crippen LogP contribution is 2.21. The van der Waals surface area contributed by atoms with Crippen LogP contribution in [0, 0.1) is 6.92 Å². The molecule has 1 aromatic rings. The predicted molar refractivity (Wildman–Crippen MR) is 86.9 cm³/mol. The number of ether oxygens (including phenoxy) is 2. The van der Waals surface area contributed by atoms with E-state index in [1.807, 2.05) is 25.1 Å². The largest absolute Gasteiger partial charge is 0.496 e. The van der Waals surface area contributed by atoms with Crippen LogP contribution < -0.4 is 10.1 Å². The van der Waals surface area contributed by atoms with E-state index in [1.54, 1.807) is 16.9 Å². The number of carbonyl (C=O) groups is 2. The van der Waals surface area contributed by atoms with E-state index >= 15 is 0 Å². The second-order valence-electron chi connectivity index (χ2n) is 5.41. The molecule has 23 heavy (non-hydrogen) atoms. The number of carbonyl (C=O) groups excluding carboxylic acids is 2. The number of anilines is 1. The second-order valence-corrected chi connectivity index (χ2v) is 5.41. The molecule has 0 aromatic heterocycles. The molecule has 1 aromatic carbocycles. The lowest BCUT2D eigenvalue weighted by Gasteiger charge is -2.22. The molecule has 2 rings (SSSR count). The van der Waals surface area contributed by atoms with Crippen LogP contribution in [0.1, 0.15) is 12.0 Å². The van der Waals surface area contributed by atoms with Crippen molar-refractivity contribution in [1.29, 1.82) is 0 Å². The second kappa shape index (κ2) is 7.71. The SMILES string of the molecule is COC(=O)N1CCCN(C(=O)Nc2ccc(OC)c(C)c2)CC1.